The quantitative estimate of drug-likeness (QED) is 0.144. The van der Waals surface area contributed by atoms with Gasteiger partial charge in [0.15, 0.2) is 34.9 Å². The molecule has 3 heterocycles. The van der Waals surface area contributed by atoms with Gasteiger partial charge in [-0.25, -0.2) is 29.9 Å². The van der Waals surface area contributed by atoms with Crippen molar-refractivity contribution >= 4 is 21.8 Å². The Labute approximate surface area is 387 Å². The van der Waals surface area contributed by atoms with Gasteiger partial charge in [0.2, 0.25) is 0 Å². The van der Waals surface area contributed by atoms with E-state index in [-0.39, 0.29) is 0 Å². The van der Waals surface area contributed by atoms with Crippen LogP contribution in [-0.4, -0.2) is 34.5 Å². The van der Waals surface area contributed by atoms with E-state index in [1.54, 1.807) is 0 Å². The number of rotatable bonds is 9. The zero-order valence-corrected chi connectivity index (χ0v) is 36.1. The van der Waals surface area contributed by atoms with Gasteiger partial charge in [0.1, 0.15) is 0 Å². The second-order valence-electron chi connectivity index (χ2n) is 16.3. The van der Waals surface area contributed by atoms with Gasteiger partial charge >= 0.3 is 0 Å². The lowest BCUT2D eigenvalue weighted by Gasteiger charge is -2.13. The summed E-state index contributed by atoms with van der Waals surface area (Å²) in [4.78, 5) is 30.4. The lowest BCUT2D eigenvalue weighted by atomic mass is 9.97. The van der Waals surface area contributed by atoms with E-state index in [1.165, 1.54) is 5.56 Å². The minimum absolute atomic E-state index is 0.600. The van der Waals surface area contributed by atoms with E-state index in [9.17, 15) is 0 Å². The molecule has 0 spiro atoms. The summed E-state index contributed by atoms with van der Waals surface area (Å²) < 4.78 is 2.36. The van der Waals surface area contributed by atoms with E-state index < -0.39 is 0 Å². The van der Waals surface area contributed by atoms with Crippen molar-refractivity contribution in [2.75, 3.05) is 0 Å². The molecule has 0 atom stereocenters. The van der Waals surface area contributed by atoms with Crippen LogP contribution in [0.5, 0.6) is 0 Å². The number of aromatic nitrogens is 7. The Balaban J connectivity index is 1.05. The fourth-order valence-corrected chi connectivity index (χ4v) is 8.83. The first-order valence-corrected chi connectivity index (χ1v) is 22.3. The molecule has 12 aromatic rings. The molecule has 0 radical (unpaired) electrons. The number of nitrogens with zero attached hydrogens (tertiary/aromatic N) is 7. The molecule has 0 saturated carbocycles. The molecule has 12 rings (SSSR count). The van der Waals surface area contributed by atoms with Crippen molar-refractivity contribution in [1.29, 1.82) is 0 Å². The first-order valence-electron chi connectivity index (χ1n) is 22.3. The van der Waals surface area contributed by atoms with Crippen LogP contribution in [0.2, 0.25) is 0 Å². The molecule has 7 nitrogen and oxygen atoms in total. The van der Waals surface area contributed by atoms with Crippen LogP contribution < -0.4 is 0 Å². The van der Waals surface area contributed by atoms with E-state index in [1.807, 2.05) is 133 Å². The van der Waals surface area contributed by atoms with Crippen molar-refractivity contribution in [3.05, 3.63) is 237 Å². The van der Waals surface area contributed by atoms with Crippen molar-refractivity contribution in [3.63, 3.8) is 0 Å². The Morgan fingerprint density at radius 1 is 0.224 bits per heavy atom. The largest absolute Gasteiger partial charge is 0.309 e. The molecule has 0 aliphatic heterocycles. The first kappa shape index (κ1) is 39.4. The van der Waals surface area contributed by atoms with E-state index in [0.29, 0.717) is 34.9 Å². The standard InChI is InChI=1S/C60H39N7/c1-6-18-40(19-7-1)41-30-34-48(35-31-41)67-53-38-46(49-28-16-17-29-52(49)60-65-57(44-24-12-4-13-25-44)62-58(66-60)45-26-14-5-15-27-45)32-36-50(53)51-37-33-47(39-54(51)67)59-63-55(42-20-8-2-9-21-42)61-56(64-59)43-22-10-3-11-23-43/h1-39H. The van der Waals surface area contributed by atoms with Crippen LogP contribution in [0.25, 0.3) is 118 Å². The van der Waals surface area contributed by atoms with Crippen molar-refractivity contribution < 1.29 is 0 Å². The van der Waals surface area contributed by atoms with Gasteiger partial charge < -0.3 is 4.57 Å². The third kappa shape index (κ3) is 7.60. The summed E-state index contributed by atoms with van der Waals surface area (Å²) in [6.07, 6.45) is 0. The first-order chi connectivity index (χ1) is 33.2. The predicted molar refractivity (Wildman–Crippen MR) is 271 cm³/mol. The van der Waals surface area contributed by atoms with Crippen LogP contribution in [0.4, 0.5) is 0 Å². The van der Waals surface area contributed by atoms with Gasteiger partial charge in [-0.15, -0.1) is 0 Å². The summed E-state index contributed by atoms with van der Waals surface area (Å²) in [5, 5.41) is 2.24. The molecule has 0 bridgehead atoms. The Hall–Kier alpha value is -9.20. The maximum atomic E-state index is 5.13. The highest BCUT2D eigenvalue weighted by Gasteiger charge is 2.20. The Morgan fingerprint density at radius 3 is 0.985 bits per heavy atom. The minimum Gasteiger partial charge on any atom is -0.309 e. The number of hydrogen-bond acceptors (Lipinski definition) is 6. The third-order valence-electron chi connectivity index (χ3n) is 12.1. The van der Waals surface area contributed by atoms with Gasteiger partial charge in [-0.3, -0.25) is 0 Å². The molecule has 0 unspecified atom stereocenters. The average Bonchev–Trinajstić information content (AvgIpc) is 3.75. The Morgan fingerprint density at radius 2 is 0.537 bits per heavy atom. The lowest BCUT2D eigenvalue weighted by molar-refractivity contribution is 1.07. The molecular weight excluding hydrogens is 819 g/mol. The van der Waals surface area contributed by atoms with Crippen molar-refractivity contribution in [3.8, 4) is 96.3 Å². The number of fused-ring (bicyclic) bond motifs is 3. The van der Waals surface area contributed by atoms with Crippen molar-refractivity contribution in [2.45, 2.75) is 0 Å². The highest BCUT2D eigenvalue weighted by molar-refractivity contribution is 6.11. The summed E-state index contributed by atoms with van der Waals surface area (Å²) in [5.41, 5.74) is 13.0. The van der Waals surface area contributed by atoms with Gasteiger partial charge in [-0.1, -0.05) is 212 Å². The van der Waals surface area contributed by atoms with E-state index in [2.05, 4.69) is 108 Å². The van der Waals surface area contributed by atoms with Crippen molar-refractivity contribution in [2.24, 2.45) is 0 Å². The molecule has 3 aromatic heterocycles. The molecule has 314 valence electrons. The normalized spacial score (nSPS) is 11.3. The minimum atomic E-state index is 0.600. The van der Waals surface area contributed by atoms with Crippen molar-refractivity contribution in [1.82, 2.24) is 34.5 Å². The molecule has 0 aliphatic carbocycles. The van der Waals surface area contributed by atoms with Crippen LogP contribution in [0, 0.1) is 0 Å². The summed E-state index contributed by atoms with van der Waals surface area (Å²) in [7, 11) is 0. The van der Waals surface area contributed by atoms with Crippen LogP contribution in [0.15, 0.2) is 237 Å². The fourth-order valence-electron chi connectivity index (χ4n) is 8.83. The zero-order chi connectivity index (χ0) is 44.5. The molecule has 0 N–H and O–H groups in total. The SMILES string of the molecule is c1ccc(-c2ccc(-n3c4cc(-c5nc(-c6ccccc6)nc(-c6ccccc6)n5)ccc4c4ccc(-c5ccccc5-c5nc(-c6ccccc6)nc(-c6ccccc6)n5)cc43)cc2)cc1. The zero-order valence-electron chi connectivity index (χ0n) is 36.1. The van der Waals surface area contributed by atoms with E-state index >= 15 is 0 Å². The summed E-state index contributed by atoms with van der Waals surface area (Å²) in [5.74, 6) is 3.68. The smallest absolute Gasteiger partial charge is 0.164 e. The summed E-state index contributed by atoms with van der Waals surface area (Å²) in [6, 6.07) is 81.3. The average molecular weight is 858 g/mol. The van der Waals surface area contributed by atoms with Gasteiger partial charge in [0, 0.05) is 49.8 Å². The van der Waals surface area contributed by atoms with Gasteiger partial charge in [-0.05, 0) is 46.5 Å². The van der Waals surface area contributed by atoms with Crippen LogP contribution >= 0.6 is 0 Å². The number of benzene rings is 9. The van der Waals surface area contributed by atoms with Crippen LogP contribution in [0.3, 0.4) is 0 Å². The van der Waals surface area contributed by atoms with Crippen LogP contribution in [0.1, 0.15) is 0 Å². The number of hydrogen-bond donors (Lipinski definition) is 0. The van der Waals surface area contributed by atoms with Gasteiger partial charge in [0.25, 0.3) is 0 Å². The maximum Gasteiger partial charge on any atom is 0.164 e. The highest BCUT2D eigenvalue weighted by atomic mass is 15.0. The molecule has 0 amide bonds. The fraction of sp³-hybridized carbons (Fsp3) is 0. The molecule has 67 heavy (non-hydrogen) atoms. The van der Waals surface area contributed by atoms with Crippen LogP contribution in [-0.2, 0) is 0 Å². The Bertz CT molecular complexity index is 3590. The summed E-state index contributed by atoms with van der Waals surface area (Å²) in [6.45, 7) is 0. The van der Waals surface area contributed by atoms with Gasteiger partial charge in [-0.2, -0.15) is 0 Å². The maximum absolute atomic E-state index is 5.13. The van der Waals surface area contributed by atoms with Gasteiger partial charge in [0.05, 0.1) is 11.0 Å². The third-order valence-corrected chi connectivity index (χ3v) is 12.1. The molecular formula is C60H39N7. The lowest BCUT2D eigenvalue weighted by Crippen LogP contribution is -2.01. The molecule has 0 aliphatic rings. The molecule has 0 saturated heterocycles. The Kier molecular flexibility index (Phi) is 10.0. The molecule has 0 fully saturated rings. The predicted octanol–water partition coefficient (Wildman–Crippen LogP) is 14.5. The molecule has 7 heteroatoms. The van der Waals surface area contributed by atoms with E-state index in [0.717, 1.165) is 77.6 Å². The monoisotopic (exact) mass is 857 g/mol. The summed E-state index contributed by atoms with van der Waals surface area (Å²) >= 11 is 0. The highest BCUT2D eigenvalue weighted by Crippen LogP contribution is 2.40. The second kappa shape index (κ2) is 17.1. The molecule has 9 aromatic carbocycles. The second-order valence-corrected chi connectivity index (χ2v) is 16.3. The van der Waals surface area contributed by atoms with E-state index in [4.69, 9.17) is 29.9 Å². The topological polar surface area (TPSA) is 82.3 Å².